The molecule has 1 aromatic carbocycles. The predicted molar refractivity (Wildman–Crippen MR) is 67.8 cm³/mol. The molecular formula is C12H13Cl2NO2. The predicted octanol–water partition coefficient (Wildman–Crippen LogP) is 2.79. The van der Waals surface area contributed by atoms with Gasteiger partial charge in [-0.2, -0.15) is 0 Å². The molecule has 0 aromatic heterocycles. The summed E-state index contributed by atoms with van der Waals surface area (Å²) >= 11 is 11.8. The van der Waals surface area contributed by atoms with E-state index in [1.807, 2.05) is 0 Å². The van der Waals surface area contributed by atoms with Crippen molar-refractivity contribution in [1.29, 1.82) is 0 Å². The molecule has 0 saturated heterocycles. The van der Waals surface area contributed by atoms with E-state index in [1.54, 1.807) is 0 Å². The standard InChI is InChI=1S/C12H13Cl2NO2/c13-9-5-8(3-4-11(9)16)12(17)15-6-10(14)7-1-2-7/h3-5,7,10,16H,1-2,6H2,(H,15,17). The molecule has 1 amide bonds. The molecule has 2 rings (SSSR count). The summed E-state index contributed by atoms with van der Waals surface area (Å²) in [6.07, 6.45) is 2.30. The third-order valence-electron chi connectivity index (χ3n) is 2.80. The van der Waals surface area contributed by atoms with Gasteiger partial charge in [-0.3, -0.25) is 4.79 Å². The number of hydrogen-bond acceptors (Lipinski definition) is 2. The highest BCUT2D eigenvalue weighted by molar-refractivity contribution is 6.32. The highest BCUT2D eigenvalue weighted by atomic mass is 35.5. The van der Waals surface area contributed by atoms with Gasteiger partial charge < -0.3 is 10.4 Å². The Labute approximate surface area is 110 Å². The molecule has 1 saturated carbocycles. The van der Waals surface area contributed by atoms with Crippen LogP contribution in [0.2, 0.25) is 5.02 Å². The zero-order chi connectivity index (χ0) is 12.4. The lowest BCUT2D eigenvalue weighted by molar-refractivity contribution is 0.0953. The Morgan fingerprint density at radius 3 is 2.82 bits per heavy atom. The van der Waals surface area contributed by atoms with Gasteiger partial charge in [0.15, 0.2) is 0 Å². The number of carbonyl (C=O) groups excluding carboxylic acids is 1. The summed E-state index contributed by atoms with van der Waals surface area (Å²) in [7, 11) is 0. The minimum atomic E-state index is -0.224. The second-order valence-electron chi connectivity index (χ2n) is 4.23. The summed E-state index contributed by atoms with van der Waals surface area (Å²) in [5.74, 6) is 0.287. The van der Waals surface area contributed by atoms with E-state index in [0.29, 0.717) is 18.0 Å². The van der Waals surface area contributed by atoms with Crippen LogP contribution >= 0.6 is 23.2 Å². The molecule has 0 spiro atoms. The van der Waals surface area contributed by atoms with Gasteiger partial charge in [0.25, 0.3) is 5.91 Å². The van der Waals surface area contributed by atoms with E-state index in [9.17, 15) is 9.90 Å². The fourth-order valence-electron chi connectivity index (χ4n) is 1.56. The van der Waals surface area contributed by atoms with Gasteiger partial charge in [-0.05, 0) is 37.0 Å². The first-order valence-corrected chi connectivity index (χ1v) is 6.30. The zero-order valence-electron chi connectivity index (χ0n) is 9.12. The van der Waals surface area contributed by atoms with Crippen LogP contribution in [0.5, 0.6) is 5.75 Å². The van der Waals surface area contributed by atoms with Crippen LogP contribution < -0.4 is 5.32 Å². The van der Waals surface area contributed by atoms with Gasteiger partial charge in [0, 0.05) is 12.1 Å². The quantitative estimate of drug-likeness (QED) is 0.829. The second-order valence-corrected chi connectivity index (χ2v) is 5.20. The Kier molecular flexibility index (Phi) is 3.79. The van der Waals surface area contributed by atoms with Crippen LogP contribution in [0.4, 0.5) is 0 Å². The molecule has 1 aromatic rings. The van der Waals surface area contributed by atoms with E-state index < -0.39 is 0 Å². The molecule has 3 nitrogen and oxygen atoms in total. The smallest absolute Gasteiger partial charge is 0.251 e. The van der Waals surface area contributed by atoms with Crippen molar-refractivity contribution in [2.75, 3.05) is 6.54 Å². The molecule has 17 heavy (non-hydrogen) atoms. The van der Waals surface area contributed by atoms with Gasteiger partial charge in [-0.1, -0.05) is 11.6 Å². The monoisotopic (exact) mass is 273 g/mol. The van der Waals surface area contributed by atoms with Crippen LogP contribution in [-0.4, -0.2) is 22.9 Å². The summed E-state index contributed by atoms with van der Waals surface area (Å²) in [6.45, 7) is 0.462. The molecule has 1 fully saturated rings. The number of alkyl halides is 1. The van der Waals surface area contributed by atoms with Crippen LogP contribution in [0.25, 0.3) is 0 Å². The number of benzene rings is 1. The Balaban J connectivity index is 1.92. The maximum absolute atomic E-state index is 11.7. The van der Waals surface area contributed by atoms with Gasteiger partial charge in [-0.25, -0.2) is 0 Å². The summed E-state index contributed by atoms with van der Waals surface area (Å²) in [4.78, 5) is 11.7. The third-order valence-corrected chi connectivity index (χ3v) is 3.61. The first-order valence-electron chi connectivity index (χ1n) is 5.48. The topological polar surface area (TPSA) is 49.3 Å². The van der Waals surface area contributed by atoms with Crippen molar-refractivity contribution in [1.82, 2.24) is 5.32 Å². The van der Waals surface area contributed by atoms with Crippen molar-refractivity contribution in [3.8, 4) is 5.75 Å². The summed E-state index contributed by atoms with van der Waals surface area (Å²) in [5.41, 5.74) is 0.424. The molecule has 2 N–H and O–H groups in total. The molecule has 1 aliphatic carbocycles. The van der Waals surface area contributed by atoms with Crippen LogP contribution in [0, 0.1) is 5.92 Å². The Bertz CT molecular complexity index is 433. The van der Waals surface area contributed by atoms with Crippen molar-refractivity contribution in [3.05, 3.63) is 28.8 Å². The molecule has 0 radical (unpaired) electrons. The molecule has 1 atom stereocenters. The van der Waals surface area contributed by atoms with E-state index in [0.717, 1.165) is 12.8 Å². The maximum atomic E-state index is 11.7. The lowest BCUT2D eigenvalue weighted by Crippen LogP contribution is -2.30. The van der Waals surface area contributed by atoms with Crippen LogP contribution in [0.1, 0.15) is 23.2 Å². The van der Waals surface area contributed by atoms with Gasteiger partial charge in [0.1, 0.15) is 5.75 Å². The first-order chi connectivity index (χ1) is 8.08. The van der Waals surface area contributed by atoms with Gasteiger partial charge in [0.2, 0.25) is 0 Å². The molecule has 0 bridgehead atoms. The first kappa shape index (κ1) is 12.5. The van der Waals surface area contributed by atoms with Crippen LogP contribution in [-0.2, 0) is 0 Å². The van der Waals surface area contributed by atoms with Gasteiger partial charge in [-0.15, -0.1) is 11.6 Å². The number of aromatic hydroxyl groups is 1. The minimum absolute atomic E-state index is 0.00605. The highest BCUT2D eigenvalue weighted by Crippen LogP contribution is 2.35. The van der Waals surface area contributed by atoms with E-state index in [-0.39, 0.29) is 22.1 Å². The number of carbonyl (C=O) groups is 1. The Morgan fingerprint density at radius 2 is 2.24 bits per heavy atom. The second kappa shape index (κ2) is 5.15. The lowest BCUT2D eigenvalue weighted by Gasteiger charge is -2.10. The largest absolute Gasteiger partial charge is 0.506 e. The van der Waals surface area contributed by atoms with Crippen molar-refractivity contribution in [2.45, 2.75) is 18.2 Å². The van der Waals surface area contributed by atoms with Gasteiger partial charge >= 0.3 is 0 Å². The van der Waals surface area contributed by atoms with Crippen LogP contribution in [0.3, 0.4) is 0 Å². The molecular weight excluding hydrogens is 261 g/mol. The minimum Gasteiger partial charge on any atom is -0.506 e. The molecule has 5 heteroatoms. The fraction of sp³-hybridized carbons (Fsp3) is 0.417. The Hall–Kier alpha value is -0.930. The summed E-state index contributed by atoms with van der Waals surface area (Å²) in [5, 5.41) is 12.2. The fourth-order valence-corrected chi connectivity index (χ4v) is 2.07. The zero-order valence-corrected chi connectivity index (χ0v) is 10.6. The number of amides is 1. The average Bonchev–Trinajstić information content (AvgIpc) is 3.13. The number of rotatable bonds is 4. The van der Waals surface area contributed by atoms with E-state index >= 15 is 0 Å². The summed E-state index contributed by atoms with van der Waals surface area (Å²) < 4.78 is 0. The van der Waals surface area contributed by atoms with Gasteiger partial charge in [0.05, 0.1) is 10.4 Å². The summed E-state index contributed by atoms with van der Waals surface area (Å²) in [6, 6.07) is 4.36. The van der Waals surface area contributed by atoms with E-state index in [2.05, 4.69) is 5.32 Å². The third kappa shape index (κ3) is 3.27. The molecule has 0 heterocycles. The number of halogens is 2. The van der Waals surface area contributed by atoms with E-state index in [1.165, 1.54) is 18.2 Å². The van der Waals surface area contributed by atoms with Crippen molar-refractivity contribution in [3.63, 3.8) is 0 Å². The number of phenols is 1. The lowest BCUT2D eigenvalue weighted by atomic mass is 10.2. The number of phenolic OH excluding ortho intramolecular Hbond substituents is 1. The van der Waals surface area contributed by atoms with Crippen molar-refractivity contribution in [2.24, 2.45) is 5.92 Å². The van der Waals surface area contributed by atoms with E-state index in [4.69, 9.17) is 23.2 Å². The number of hydrogen-bond donors (Lipinski definition) is 2. The number of nitrogens with one attached hydrogen (secondary N) is 1. The normalized spacial score (nSPS) is 16.6. The highest BCUT2D eigenvalue weighted by Gasteiger charge is 2.29. The average molecular weight is 274 g/mol. The molecule has 92 valence electrons. The molecule has 1 aliphatic rings. The Morgan fingerprint density at radius 1 is 1.53 bits per heavy atom. The van der Waals surface area contributed by atoms with Crippen molar-refractivity contribution < 1.29 is 9.90 Å². The van der Waals surface area contributed by atoms with Crippen molar-refractivity contribution >= 4 is 29.1 Å². The SMILES string of the molecule is O=C(NCC(Cl)C1CC1)c1ccc(O)c(Cl)c1. The molecule has 1 unspecified atom stereocenters. The molecule has 0 aliphatic heterocycles. The maximum Gasteiger partial charge on any atom is 0.251 e. The van der Waals surface area contributed by atoms with Crippen LogP contribution in [0.15, 0.2) is 18.2 Å².